The Hall–Kier alpha value is -1.76. The summed E-state index contributed by atoms with van der Waals surface area (Å²) in [6.45, 7) is 2.27. The topological polar surface area (TPSA) is 71.5 Å². The van der Waals surface area contributed by atoms with Gasteiger partial charge in [0.15, 0.2) is 6.61 Å². The summed E-state index contributed by atoms with van der Waals surface area (Å²) < 4.78 is 28.7. The average molecular weight is 274 g/mol. The minimum atomic E-state index is -2.60. The quantitative estimate of drug-likeness (QED) is 0.818. The SMILES string of the molecule is CC(C)(CO)NC(=O)c1cccc(OCC(F)F)n1. The Morgan fingerprint density at radius 1 is 1.53 bits per heavy atom. The molecule has 0 aliphatic heterocycles. The molecule has 7 heteroatoms. The van der Waals surface area contributed by atoms with Crippen LogP contribution in [0.1, 0.15) is 24.3 Å². The maximum Gasteiger partial charge on any atom is 0.272 e. The van der Waals surface area contributed by atoms with E-state index in [9.17, 15) is 13.6 Å². The molecule has 0 unspecified atom stereocenters. The monoisotopic (exact) mass is 274 g/mol. The van der Waals surface area contributed by atoms with Crippen molar-refractivity contribution in [2.75, 3.05) is 13.2 Å². The fourth-order valence-electron chi connectivity index (χ4n) is 1.18. The number of rotatable bonds is 6. The lowest BCUT2D eigenvalue weighted by Gasteiger charge is -2.23. The Balaban J connectivity index is 2.73. The van der Waals surface area contributed by atoms with Crippen molar-refractivity contribution >= 4 is 5.91 Å². The second-order valence-corrected chi connectivity index (χ2v) is 4.56. The van der Waals surface area contributed by atoms with Crippen LogP contribution in [0.15, 0.2) is 18.2 Å². The fourth-order valence-corrected chi connectivity index (χ4v) is 1.18. The van der Waals surface area contributed by atoms with Gasteiger partial charge in [0, 0.05) is 6.07 Å². The van der Waals surface area contributed by atoms with Crippen molar-refractivity contribution in [1.82, 2.24) is 10.3 Å². The van der Waals surface area contributed by atoms with Gasteiger partial charge in [-0.25, -0.2) is 13.8 Å². The highest BCUT2D eigenvalue weighted by Gasteiger charge is 2.21. The smallest absolute Gasteiger partial charge is 0.272 e. The van der Waals surface area contributed by atoms with Crippen molar-refractivity contribution in [3.63, 3.8) is 0 Å². The molecule has 0 spiro atoms. The Morgan fingerprint density at radius 3 is 2.79 bits per heavy atom. The van der Waals surface area contributed by atoms with E-state index in [-0.39, 0.29) is 18.2 Å². The molecule has 0 aliphatic carbocycles. The van der Waals surface area contributed by atoms with E-state index in [1.54, 1.807) is 13.8 Å². The van der Waals surface area contributed by atoms with Crippen LogP contribution in [-0.4, -0.2) is 41.2 Å². The Morgan fingerprint density at radius 2 is 2.21 bits per heavy atom. The number of amides is 1. The first-order valence-corrected chi connectivity index (χ1v) is 5.65. The number of nitrogens with one attached hydrogen (secondary N) is 1. The molecule has 0 saturated heterocycles. The number of alkyl halides is 2. The molecule has 1 aromatic heterocycles. The molecule has 5 nitrogen and oxygen atoms in total. The number of aromatic nitrogens is 1. The maximum atomic E-state index is 12.0. The van der Waals surface area contributed by atoms with Crippen molar-refractivity contribution in [1.29, 1.82) is 0 Å². The lowest BCUT2D eigenvalue weighted by molar-refractivity contribution is 0.0788. The molecule has 0 bridgehead atoms. The number of carbonyl (C=O) groups excluding carboxylic acids is 1. The van der Waals surface area contributed by atoms with Gasteiger partial charge in [-0.05, 0) is 19.9 Å². The third kappa shape index (κ3) is 5.17. The van der Waals surface area contributed by atoms with Crippen LogP contribution in [0.25, 0.3) is 0 Å². The van der Waals surface area contributed by atoms with Gasteiger partial charge in [-0.15, -0.1) is 0 Å². The van der Waals surface area contributed by atoms with Crippen molar-refractivity contribution in [3.8, 4) is 5.88 Å². The first-order valence-electron chi connectivity index (χ1n) is 5.65. The molecule has 2 N–H and O–H groups in total. The van der Waals surface area contributed by atoms with Crippen LogP contribution in [0.5, 0.6) is 5.88 Å². The second-order valence-electron chi connectivity index (χ2n) is 4.56. The Bertz CT molecular complexity index is 439. The molecule has 1 rings (SSSR count). The summed E-state index contributed by atoms with van der Waals surface area (Å²) in [4.78, 5) is 15.6. The van der Waals surface area contributed by atoms with Gasteiger partial charge in [-0.2, -0.15) is 0 Å². The average Bonchev–Trinajstić information content (AvgIpc) is 2.36. The number of hydrogen-bond donors (Lipinski definition) is 2. The Labute approximate surface area is 109 Å². The summed E-state index contributed by atoms with van der Waals surface area (Å²) in [5, 5.41) is 11.6. The number of aliphatic hydroxyl groups excluding tert-OH is 1. The predicted octanol–water partition coefficient (Wildman–Crippen LogP) is 1.23. The number of aliphatic hydroxyl groups is 1. The van der Waals surface area contributed by atoms with Gasteiger partial charge < -0.3 is 15.2 Å². The minimum absolute atomic E-state index is 0.0355. The molecule has 0 atom stereocenters. The predicted molar refractivity (Wildman–Crippen MR) is 64.4 cm³/mol. The van der Waals surface area contributed by atoms with Crippen molar-refractivity contribution in [3.05, 3.63) is 23.9 Å². The first kappa shape index (κ1) is 15.3. The van der Waals surface area contributed by atoms with E-state index in [4.69, 9.17) is 9.84 Å². The molecule has 0 radical (unpaired) electrons. The lowest BCUT2D eigenvalue weighted by atomic mass is 10.1. The van der Waals surface area contributed by atoms with E-state index in [2.05, 4.69) is 10.3 Å². The van der Waals surface area contributed by atoms with Gasteiger partial charge in [0.1, 0.15) is 5.69 Å². The number of ether oxygens (including phenoxy) is 1. The standard InChI is InChI=1S/C12H16F2N2O3/c1-12(2,7-17)16-11(18)8-4-3-5-10(15-8)19-6-9(13)14/h3-5,9,17H,6-7H2,1-2H3,(H,16,18). The minimum Gasteiger partial charge on any atom is -0.472 e. The zero-order chi connectivity index (χ0) is 14.5. The van der Waals surface area contributed by atoms with Crippen LogP contribution in [0.4, 0.5) is 8.78 Å². The number of pyridine rings is 1. The van der Waals surface area contributed by atoms with E-state index >= 15 is 0 Å². The van der Waals surface area contributed by atoms with Crippen molar-refractivity contribution in [2.45, 2.75) is 25.8 Å². The molecule has 106 valence electrons. The normalized spacial score (nSPS) is 11.5. The summed E-state index contributed by atoms with van der Waals surface area (Å²) in [5.41, 5.74) is -0.758. The highest BCUT2D eigenvalue weighted by atomic mass is 19.3. The largest absolute Gasteiger partial charge is 0.472 e. The number of hydrogen-bond acceptors (Lipinski definition) is 4. The summed E-state index contributed by atoms with van der Waals surface area (Å²) in [5.74, 6) is -0.559. The summed E-state index contributed by atoms with van der Waals surface area (Å²) in [6, 6.07) is 4.29. The van der Waals surface area contributed by atoms with Crippen molar-refractivity contribution in [2.24, 2.45) is 0 Å². The molecule has 19 heavy (non-hydrogen) atoms. The maximum absolute atomic E-state index is 12.0. The van der Waals surface area contributed by atoms with Crippen LogP contribution in [0.2, 0.25) is 0 Å². The van der Waals surface area contributed by atoms with Crippen LogP contribution in [0.3, 0.4) is 0 Å². The molecular weight excluding hydrogens is 258 g/mol. The molecular formula is C12H16F2N2O3. The van der Waals surface area contributed by atoms with E-state index in [1.165, 1.54) is 18.2 Å². The molecule has 1 heterocycles. The van der Waals surface area contributed by atoms with Gasteiger partial charge in [0.25, 0.3) is 12.3 Å². The fraction of sp³-hybridized carbons (Fsp3) is 0.500. The second kappa shape index (κ2) is 6.42. The van der Waals surface area contributed by atoms with E-state index < -0.39 is 24.5 Å². The highest BCUT2D eigenvalue weighted by Crippen LogP contribution is 2.10. The lowest BCUT2D eigenvalue weighted by Crippen LogP contribution is -2.46. The van der Waals surface area contributed by atoms with Crippen LogP contribution >= 0.6 is 0 Å². The molecule has 0 fully saturated rings. The number of halogens is 2. The van der Waals surface area contributed by atoms with Gasteiger partial charge >= 0.3 is 0 Å². The zero-order valence-electron chi connectivity index (χ0n) is 10.7. The number of carbonyl (C=O) groups is 1. The first-order chi connectivity index (χ1) is 8.84. The summed E-state index contributed by atoms with van der Waals surface area (Å²) in [7, 11) is 0. The van der Waals surface area contributed by atoms with E-state index in [1.807, 2.05) is 0 Å². The molecule has 1 amide bonds. The van der Waals surface area contributed by atoms with Crippen LogP contribution < -0.4 is 10.1 Å². The Kier molecular flexibility index (Phi) is 5.17. The van der Waals surface area contributed by atoms with Gasteiger partial charge in [0.2, 0.25) is 5.88 Å². The van der Waals surface area contributed by atoms with Crippen LogP contribution in [-0.2, 0) is 0 Å². The van der Waals surface area contributed by atoms with Gasteiger partial charge in [-0.3, -0.25) is 4.79 Å². The van der Waals surface area contributed by atoms with Gasteiger partial charge in [0.05, 0.1) is 12.1 Å². The molecule has 0 aliphatic rings. The summed E-state index contributed by atoms with van der Waals surface area (Å²) in [6.07, 6.45) is -2.60. The summed E-state index contributed by atoms with van der Waals surface area (Å²) >= 11 is 0. The van der Waals surface area contributed by atoms with E-state index in [0.29, 0.717) is 0 Å². The third-order valence-corrected chi connectivity index (χ3v) is 2.16. The molecule has 0 saturated carbocycles. The highest BCUT2D eigenvalue weighted by molar-refractivity contribution is 5.92. The molecule has 1 aromatic rings. The van der Waals surface area contributed by atoms with Crippen LogP contribution in [0, 0.1) is 0 Å². The van der Waals surface area contributed by atoms with Gasteiger partial charge in [-0.1, -0.05) is 6.07 Å². The molecule has 0 aromatic carbocycles. The third-order valence-electron chi connectivity index (χ3n) is 2.16. The number of nitrogens with zero attached hydrogens (tertiary/aromatic N) is 1. The van der Waals surface area contributed by atoms with Crippen molar-refractivity contribution < 1.29 is 23.4 Å². The zero-order valence-corrected chi connectivity index (χ0v) is 10.7. The van der Waals surface area contributed by atoms with E-state index in [0.717, 1.165) is 0 Å².